The third-order valence-corrected chi connectivity index (χ3v) is 5.41. The van der Waals surface area contributed by atoms with Crippen molar-refractivity contribution in [3.8, 4) is 11.3 Å². The lowest BCUT2D eigenvalue weighted by molar-refractivity contribution is -0.137. The zero-order valence-corrected chi connectivity index (χ0v) is 17.1. The highest BCUT2D eigenvalue weighted by Gasteiger charge is 2.32. The maximum Gasteiger partial charge on any atom is 0.416 e. The molecule has 2 amide bonds. The monoisotopic (exact) mass is 442 g/mol. The lowest BCUT2D eigenvalue weighted by Crippen LogP contribution is -2.43. The van der Waals surface area contributed by atoms with Crippen LogP contribution in [0.4, 0.5) is 18.9 Å². The van der Waals surface area contributed by atoms with Crippen LogP contribution in [0.2, 0.25) is 0 Å². The van der Waals surface area contributed by atoms with Gasteiger partial charge in [-0.15, -0.1) is 0 Å². The highest BCUT2D eigenvalue weighted by Crippen LogP contribution is 2.33. The van der Waals surface area contributed by atoms with Crippen molar-refractivity contribution in [2.45, 2.75) is 19.0 Å². The Kier molecular flexibility index (Phi) is 6.03. The molecular formula is C24H21F3N2O3. The van der Waals surface area contributed by atoms with Gasteiger partial charge in [-0.3, -0.25) is 9.59 Å². The predicted molar refractivity (Wildman–Crippen MR) is 113 cm³/mol. The van der Waals surface area contributed by atoms with Gasteiger partial charge in [0.05, 0.1) is 11.5 Å². The third kappa shape index (κ3) is 4.85. The van der Waals surface area contributed by atoms with Gasteiger partial charge in [-0.05, 0) is 49.2 Å². The summed E-state index contributed by atoms with van der Waals surface area (Å²) >= 11 is 0. The van der Waals surface area contributed by atoms with Crippen LogP contribution in [0.1, 0.15) is 29.0 Å². The molecule has 5 nitrogen and oxygen atoms in total. The molecule has 0 aliphatic carbocycles. The van der Waals surface area contributed by atoms with Gasteiger partial charge in [0.15, 0.2) is 5.76 Å². The molecule has 1 fully saturated rings. The van der Waals surface area contributed by atoms with Gasteiger partial charge in [-0.25, -0.2) is 0 Å². The Hall–Kier alpha value is -3.55. The van der Waals surface area contributed by atoms with Gasteiger partial charge in [-0.1, -0.05) is 30.3 Å². The van der Waals surface area contributed by atoms with Crippen molar-refractivity contribution < 1.29 is 27.2 Å². The average Bonchev–Trinajstić information content (AvgIpc) is 3.29. The quantitative estimate of drug-likeness (QED) is 0.584. The molecule has 0 radical (unpaired) electrons. The van der Waals surface area contributed by atoms with Crippen LogP contribution < -0.4 is 5.32 Å². The fourth-order valence-electron chi connectivity index (χ4n) is 3.75. The molecule has 166 valence electrons. The fourth-order valence-corrected chi connectivity index (χ4v) is 3.75. The first-order valence-electron chi connectivity index (χ1n) is 10.2. The molecule has 2 aromatic carbocycles. The largest absolute Gasteiger partial charge is 0.451 e. The van der Waals surface area contributed by atoms with Gasteiger partial charge in [0, 0.05) is 24.3 Å². The molecule has 1 atom stereocenters. The smallest absolute Gasteiger partial charge is 0.416 e. The first-order valence-corrected chi connectivity index (χ1v) is 10.2. The molecule has 2 heterocycles. The Bertz CT molecular complexity index is 1110. The maximum absolute atomic E-state index is 13.0. The van der Waals surface area contributed by atoms with E-state index in [-0.39, 0.29) is 41.4 Å². The summed E-state index contributed by atoms with van der Waals surface area (Å²) in [7, 11) is 0. The standard InChI is InChI=1S/C24H21F3N2O3/c25-24(26,27)18-8-4-6-16(14-18)20-11-12-21(32-20)23(31)29-13-5-7-17(15-29)22(30)28-19-9-2-1-3-10-19/h1-4,6,8-12,14,17H,5,7,13,15H2,(H,28,30)/t17-/m0/s1. The third-order valence-electron chi connectivity index (χ3n) is 5.41. The summed E-state index contributed by atoms with van der Waals surface area (Å²) in [5, 5.41) is 2.86. The summed E-state index contributed by atoms with van der Waals surface area (Å²) in [6.45, 7) is 0.727. The van der Waals surface area contributed by atoms with E-state index in [0.29, 0.717) is 25.1 Å². The van der Waals surface area contributed by atoms with Crippen LogP contribution in [0.5, 0.6) is 0 Å². The molecule has 1 aromatic heterocycles. The number of halogens is 3. The van der Waals surface area contributed by atoms with Crippen LogP contribution in [0, 0.1) is 5.92 Å². The van der Waals surface area contributed by atoms with Gasteiger partial charge in [0.2, 0.25) is 5.91 Å². The van der Waals surface area contributed by atoms with E-state index in [1.165, 1.54) is 24.3 Å². The van der Waals surface area contributed by atoms with Crippen LogP contribution in [-0.4, -0.2) is 29.8 Å². The SMILES string of the molecule is O=C(Nc1ccccc1)[C@H]1CCCN(C(=O)c2ccc(-c3cccc(C(F)(F)F)c3)o2)C1. The molecular weight excluding hydrogens is 421 g/mol. The molecule has 0 saturated carbocycles. The number of benzene rings is 2. The second kappa shape index (κ2) is 8.90. The predicted octanol–water partition coefficient (Wildman–Crippen LogP) is 5.46. The van der Waals surface area contributed by atoms with Crippen molar-refractivity contribution in [3.05, 3.63) is 78.1 Å². The van der Waals surface area contributed by atoms with Crippen molar-refractivity contribution in [2.75, 3.05) is 18.4 Å². The molecule has 32 heavy (non-hydrogen) atoms. The van der Waals surface area contributed by atoms with Crippen molar-refractivity contribution in [2.24, 2.45) is 5.92 Å². The summed E-state index contributed by atoms with van der Waals surface area (Å²) < 4.78 is 44.5. The zero-order valence-electron chi connectivity index (χ0n) is 17.1. The van der Waals surface area contributed by atoms with Crippen molar-refractivity contribution in [3.63, 3.8) is 0 Å². The molecule has 8 heteroatoms. The van der Waals surface area contributed by atoms with E-state index >= 15 is 0 Å². The van der Waals surface area contributed by atoms with Crippen molar-refractivity contribution in [1.82, 2.24) is 4.90 Å². The Morgan fingerprint density at radius 3 is 2.53 bits per heavy atom. The number of furan rings is 1. The second-order valence-electron chi connectivity index (χ2n) is 7.69. The van der Waals surface area contributed by atoms with E-state index < -0.39 is 11.7 Å². The van der Waals surface area contributed by atoms with Crippen molar-refractivity contribution >= 4 is 17.5 Å². The van der Waals surface area contributed by atoms with Gasteiger partial charge in [0.25, 0.3) is 5.91 Å². The van der Waals surface area contributed by atoms with Crippen LogP contribution in [0.3, 0.4) is 0 Å². The van der Waals surface area contributed by atoms with E-state index in [4.69, 9.17) is 4.42 Å². The number of nitrogens with zero attached hydrogens (tertiary/aromatic N) is 1. The minimum Gasteiger partial charge on any atom is -0.451 e. The van der Waals surface area contributed by atoms with E-state index in [2.05, 4.69) is 5.32 Å². The maximum atomic E-state index is 13.0. The number of anilines is 1. The molecule has 1 saturated heterocycles. The van der Waals surface area contributed by atoms with Crippen LogP contribution >= 0.6 is 0 Å². The Balaban J connectivity index is 1.45. The summed E-state index contributed by atoms with van der Waals surface area (Å²) in [6.07, 6.45) is -3.14. The zero-order chi connectivity index (χ0) is 22.7. The number of piperidine rings is 1. The number of hydrogen-bond donors (Lipinski definition) is 1. The molecule has 0 unspecified atom stereocenters. The van der Waals surface area contributed by atoms with E-state index in [1.54, 1.807) is 17.0 Å². The molecule has 1 aliphatic rings. The molecule has 3 aromatic rings. The Morgan fingerprint density at radius 2 is 1.78 bits per heavy atom. The Labute approximate surface area is 182 Å². The van der Waals surface area contributed by atoms with E-state index in [0.717, 1.165) is 12.1 Å². The van der Waals surface area contributed by atoms with Crippen LogP contribution in [-0.2, 0) is 11.0 Å². The molecule has 0 spiro atoms. The number of hydrogen-bond acceptors (Lipinski definition) is 3. The van der Waals surface area contributed by atoms with E-state index in [9.17, 15) is 22.8 Å². The highest BCUT2D eigenvalue weighted by atomic mass is 19.4. The van der Waals surface area contributed by atoms with Crippen molar-refractivity contribution in [1.29, 1.82) is 0 Å². The van der Waals surface area contributed by atoms with Crippen LogP contribution in [0.15, 0.2) is 71.1 Å². The lowest BCUT2D eigenvalue weighted by atomic mass is 9.96. The Morgan fingerprint density at radius 1 is 1.00 bits per heavy atom. The minimum atomic E-state index is -4.47. The first-order chi connectivity index (χ1) is 15.3. The summed E-state index contributed by atoms with van der Waals surface area (Å²) in [4.78, 5) is 27.1. The molecule has 1 aliphatic heterocycles. The number of amides is 2. The van der Waals surface area contributed by atoms with Crippen LogP contribution in [0.25, 0.3) is 11.3 Å². The lowest BCUT2D eigenvalue weighted by Gasteiger charge is -2.31. The summed E-state index contributed by atoms with van der Waals surface area (Å²) in [5.41, 5.74) is 0.137. The summed E-state index contributed by atoms with van der Waals surface area (Å²) in [5.74, 6) is -0.694. The number of carbonyl (C=O) groups excluding carboxylic acids is 2. The van der Waals surface area contributed by atoms with Gasteiger partial charge < -0.3 is 14.6 Å². The minimum absolute atomic E-state index is 0.0292. The normalized spacial score (nSPS) is 16.6. The van der Waals surface area contributed by atoms with Gasteiger partial charge in [-0.2, -0.15) is 13.2 Å². The van der Waals surface area contributed by atoms with E-state index in [1.807, 2.05) is 18.2 Å². The number of rotatable bonds is 4. The fraction of sp³-hybridized carbons (Fsp3) is 0.250. The number of carbonyl (C=O) groups is 2. The highest BCUT2D eigenvalue weighted by molar-refractivity contribution is 5.95. The van der Waals surface area contributed by atoms with Gasteiger partial charge >= 0.3 is 6.18 Å². The molecule has 1 N–H and O–H groups in total. The molecule has 4 rings (SSSR count). The second-order valence-corrected chi connectivity index (χ2v) is 7.69. The first kappa shape index (κ1) is 21.7. The summed E-state index contributed by atoms with van der Waals surface area (Å²) in [6, 6.07) is 16.8. The topological polar surface area (TPSA) is 62.6 Å². The number of alkyl halides is 3. The van der Waals surface area contributed by atoms with Gasteiger partial charge in [0.1, 0.15) is 5.76 Å². The number of nitrogens with one attached hydrogen (secondary N) is 1. The molecule has 0 bridgehead atoms. The average molecular weight is 442 g/mol. The number of para-hydroxylation sites is 1. The number of likely N-dealkylation sites (tertiary alicyclic amines) is 1.